The van der Waals surface area contributed by atoms with Crippen LogP contribution >= 0.6 is 0 Å². The van der Waals surface area contributed by atoms with E-state index >= 15 is 0 Å². The lowest BCUT2D eigenvalue weighted by Crippen LogP contribution is -2.52. The molecule has 6 nitrogen and oxygen atoms in total. The fourth-order valence-corrected chi connectivity index (χ4v) is 4.71. The molecule has 0 spiro atoms. The van der Waals surface area contributed by atoms with E-state index in [-0.39, 0.29) is 29.9 Å². The van der Waals surface area contributed by atoms with E-state index in [1.807, 2.05) is 55.5 Å². The van der Waals surface area contributed by atoms with Gasteiger partial charge in [-0.3, -0.25) is 9.59 Å². The zero-order valence-corrected chi connectivity index (χ0v) is 22.5. The van der Waals surface area contributed by atoms with Gasteiger partial charge in [0.05, 0.1) is 7.11 Å². The summed E-state index contributed by atoms with van der Waals surface area (Å²) < 4.78 is 11.2. The average molecular weight is 495 g/mol. The molecule has 0 bridgehead atoms. The van der Waals surface area contributed by atoms with E-state index in [9.17, 15) is 9.59 Å². The molecule has 0 aliphatic heterocycles. The van der Waals surface area contributed by atoms with Gasteiger partial charge in [0, 0.05) is 12.6 Å². The topological polar surface area (TPSA) is 67.9 Å². The van der Waals surface area contributed by atoms with Crippen molar-refractivity contribution in [3.8, 4) is 11.5 Å². The summed E-state index contributed by atoms with van der Waals surface area (Å²) >= 11 is 0. The maximum absolute atomic E-state index is 13.5. The largest absolute Gasteiger partial charge is 0.497 e. The number of hydrogen-bond donors (Lipinski definition) is 1. The number of ether oxygens (including phenoxy) is 2. The molecular formula is C30H42N2O4. The Morgan fingerprint density at radius 1 is 1.03 bits per heavy atom. The van der Waals surface area contributed by atoms with E-state index in [0.29, 0.717) is 18.7 Å². The minimum Gasteiger partial charge on any atom is -0.497 e. The second-order valence-electron chi connectivity index (χ2n) is 10.7. The second-order valence-corrected chi connectivity index (χ2v) is 10.7. The lowest BCUT2D eigenvalue weighted by atomic mass is 9.87. The van der Waals surface area contributed by atoms with Crippen LogP contribution in [0.4, 0.5) is 0 Å². The first-order valence-corrected chi connectivity index (χ1v) is 13.2. The quantitative estimate of drug-likeness (QED) is 0.465. The van der Waals surface area contributed by atoms with Crippen LogP contribution in [0.5, 0.6) is 11.5 Å². The summed E-state index contributed by atoms with van der Waals surface area (Å²) in [5, 5.41) is 3.21. The molecule has 2 aromatic rings. The predicted molar refractivity (Wildman–Crippen MR) is 143 cm³/mol. The SMILES string of the molecule is CCC(C(=O)NC1CCCCC1)N(Cc1cccc(OC)c1)C(=O)COc1ccc(C(C)(C)C)cc1. The van der Waals surface area contributed by atoms with Crippen molar-refractivity contribution in [3.05, 3.63) is 59.7 Å². The van der Waals surface area contributed by atoms with Crippen molar-refractivity contribution < 1.29 is 19.1 Å². The zero-order chi connectivity index (χ0) is 26.1. The van der Waals surface area contributed by atoms with Crippen LogP contribution in [0.1, 0.15) is 77.3 Å². The van der Waals surface area contributed by atoms with Crippen molar-refractivity contribution in [2.75, 3.05) is 13.7 Å². The zero-order valence-electron chi connectivity index (χ0n) is 22.5. The summed E-state index contributed by atoms with van der Waals surface area (Å²) in [5.74, 6) is 1.05. The molecule has 0 radical (unpaired) electrons. The molecule has 1 aliphatic rings. The van der Waals surface area contributed by atoms with Gasteiger partial charge in [0.1, 0.15) is 17.5 Å². The van der Waals surface area contributed by atoms with Crippen molar-refractivity contribution in [1.82, 2.24) is 10.2 Å². The molecule has 1 unspecified atom stereocenters. The van der Waals surface area contributed by atoms with Gasteiger partial charge in [0.2, 0.25) is 5.91 Å². The van der Waals surface area contributed by atoms with E-state index in [0.717, 1.165) is 37.0 Å². The highest BCUT2D eigenvalue weighted by atomic mass is 16.5. The maximum Gasteiger partial charge on any atom is 0.261 e. The number of rotatable bonds is 10. The molecule has 1 N–H and O–H groups in total. The smallest absolute Gasteiger partial charge is 0.261 e. The molecule has 6 heteroatoms. The third kappa shape index (κ3) is 7.74. The summed E-state index contributed by atoms with van der Waals surface area (Å²) in [6.45, 7) is 8.60. The lowest BCUT2D eigenvalue weighted by molar-refractivity contribution is -0.143. The van der Waals surface area contributed by atoms with E-state index < -0.39 is 6.04 Å². The summed E-state index contributed by atoms with van der Waals surface area (Å²) in [6, 6.07) is 15.1. The van der Waals surface area contributed by atoms with Crippen LogP contribution in [-0.2, 0) is 21.5 Å². The summed E-state index contributed by atoms with van der Waals surface area (Å²) in [5.41, 5.74) is 2.15. The maximum atomic E-state index is 13.5. The van der Waals surface area contributed by atoms with E-state index in [1.165, 1.54) is 12.0 Å². The molecule has 1 fully saturated rings. The molecular weight excluding hydrogens is 452 g/mol. The number of methoxy groups -OCH3 is 1. The number of carbonyl (C=O) groups is 2. The molecule has 3 rings (SSSR count). The Morgan fingerprint density at radius 3 is 2.33 bits per heavy atom. The van der Waals surface area contributed by atoms with E-state index in [4.69, 9.17) is 9.47 Å². The Labute approximate surface area is 216 Å². The fraction of sp³-hybridized carbons (Fsp3) is 0.533. The molecule has 196 valence electrons. The van der Waals surface area contributed by atoms with Gasteiger partial charge >= 0.3 is 0 Å². The van der Waals surface area contributed by atoms with Crippen molar-refractivity contribution in [3.63, 3.8) is 0 Å². The summed E-state index contributed by atoms with van der Waals surface area (Å²) in [7, 11) is 1.62. The first-order valence-electron chi connectivity index (χ1n) is 13.2. The second kappa shape index (κ2) is 12.8. The molecule has 0 aromatic heterocycles. The monoisotopic (exact) mass is 494 g/mol. The van der Waals surface area contributed by atoms with E-state index in [2.05, 4.69) is 26.1 Å². The first-order chi connectivity index (χ1) is 17.2. The van der Waals surface area contributed by atoms with Gasteiger partial charge in [0.15, 0.2) is 6.61 Å². The number of nitrogens with one attached hydrogen (secondary N) is 1. The Morgan fingerprint density at radius 2 is 1.72 bits per heavy atom. The minimum absolute atomic E-state index is 0.0436. The number of carbonyl (C=O) groups excluding carboxylic acids is 2. The van der Waals surface area contributed by atoms with Crippen LogP contribution in [-0.4, -0.2) is 42.5 Å². The third-order valence-electron chi connectivity index (χ3n) is 6.91. The lowest BCUT2D eigenvalue weighted by Gasteiger charge is -2.32. The van der Waals surface area contributed by atoms with Crippen LogP contribution in [0.25, 0.3) is 0 Å². The Kier molecular flexibility index (Phi) is 9.80. The van der Waals surface area contributed by atoms with Crippen LogP contribution in [0.3, 0.4) is 0 Å². The van der Waals surface area contributed by atoms with Gasteiger partial charge < -0.3 is 19.7 Å². The third-order valence-corrected chi connectivity index (χ3v) is 6.91. The van der Waals surface area contributed by atoms with Crippen molar-refractivity contribution >= 4 is 11.8 Å². The Hall–Kier alpha value is -3.02. The number of amides is 2. The minimum atomic E-state index is -0.572. The van der Waals surface area contributed by atoms with Crippen molar-refractivity contribution in [2.24, 2.45) is 0 Å². The van der Waals surface area contributed by atoms with Crippen LogP contribution in [0.2, 0.25) is 0 Å². The summed E-state index contributed by atoms with van der Waals surface area (Å²) in [4.78, 5) is 28.5. The number of nitrogens with zero attached hydrogens (tertiary/aromatic N) is 1. The van der Waals surface area contributed by atoms with Gasteiger partial charge in [-0.05, 0) is 60.1 Å². The molecule has 0 saturated heterocycles. The van der Waals surface area contributed by atoms with Gasteiger partial charge in [-0.15, -0.1) is 0 Å². The van der Waals surface area contributed by atoms with Gasteiger partial charge in [-0.1, -0.05) is 71.2 Å². The molecule has 1 saturated carbocycles. The van der Waals surface area contributed by atoms with E-state index in [1.54, 1.807) is 12.0 Å². The highest BCUT2D eigenvalue weighted by Gasteiger charge is 2.30. The van der Waals surface area contributed by atoms with Gasteiger partial charge in [-0.2, -0.15) is 0 Å². The fourth-order valence-electron chi connectivity index (χ4n) is 4.71. The molecule has 36 heavy (non-hydrogen) atoms. The van der Waals surface area contributed by atoms with Crippen LogP contribution < -0.4 is 14.8 Å². The van der Waals surface area contributed by atoms with Gasteiger partial charge in [0.25, 0.3) is 5.91 Å². The van der Waals surface area contributed by atoms with Crippen molar-refractivity contribution in [1.29, 1.82) is 0 Å². The van der Waals surface area contributed by atoms with Crippen LogP contribution in [0, 0.1) is 0 Å². The average Bonchev–Trinajstić information content (AvgIpc) is 2.87. The first kappa shape index (κ1) is 27.6. The molecule has 0 heterocycles. The summed E-state index contributed by atoms with van der Waals surface area (Å²) in [6.07, 6.45) is 6.01. The molecule has 2 aromatic carbocycles. The highest BCUT2D eigenvalue weighted by Crippen LogP contribution is 2.25. The molecule has 1 atom stereocenters. The number of benzene rings is 2. The van der Waals surface area contributed by atoms with Crippen molar-refractivity contribution in [2.45, 2.75) is 90.3 Å². The predicted octanol–water partition coefficient (Wildman–Crippen LogP) is 5.63. The number of hydrogen-bond acceptors (Lipinski definition) is 4. The Bertz CT molecular complexity index is 991. The van der Waals surface area contributed by atoms with Crippen LogP contribution in [0.15, 0.2) is 48.5 Å². The van der Waals surface area contributed by atoms with Gasteiger partial charge in [-0.25, -0.2) is 0 Å². The Balaban J connectivity index is 1.75. The normalized spacial score (nSPS) is 15.1. The highest BCUT2D eigenvalue weighted by molar-refractivity contribution is 5.88. The molecule has 1 aliphatic carbocycles. The standard InChI is InChI=1S/C30H42N2O4/c1-6-27(29(34)31-24-12-8-7-9-13-24)32(20-22-11-10-14-26(19-22)35-5)28(33)21-36-25-17-15-23(16-18-25)30(2,3)4/h10-11,14-19,24,27H,6-9,12-13,20-21H2,1-5H3,(H,31,34). The molecule has 2 amide bonds.